The normalized spacial score (nSPS) is 12.6. The highest BCUT2D eigenvalue weighted by Crippen LogP contribution is 2.19. The standard InChI is InChI=1S/C12H19ClN2O/c1-4-9(2)7-15(3)12-6-5-10(13)11(8-16)14-12/h5-6,9,16H,4,7-8H2,1-3H3. The second kappa shape index (κ2) is 6.06. The van der Waals surface area contributed by atoms with E-state index in [-0.39, 0.29) is 6.61 Å². The van der Waals surface area contributed by atoms with Gasteiger partial charge >= 0.3 is 0 Å². The van der Waals surface area contributed by atoms with E-state index in [1.165, 1.54) is 0 Å². The summed E-state index contributed by atoms with van der Waals surface area (Å²) in [7, 11) is 2.00. The van der Waals surface area contributed by atoms with E-state index in [0.29, 0.717) is 16.6 Å². The van der Waals surface area contributed by atoms with E-state index in [1.54, 1.807) is 6.07 Å². The highest BCUT2D eigenvalue weighted by molar-refractivity contribution is 6.31. The molecule has 1 atom stereocenters. The molecule has 0 amide bonds. The number of hydrogen-bond acceptors (Lipinski definition) is 3. The molecule has 0 fully saturated rings. The molecule has 0 aliphatic heterocycles. The summed E-state index contributed by atoms with van der Waals surface area (Å²) in [6.45, 7) is 5.21. The minimum Gasteiger partial charge on any atom is -0.390 e. The quantitative estimate of drug-likeness (QED) is 0.863. The highest BCUT2D eigenvalue weighted by Gasteiger charge is 2.09. The topological polar surface area (TPSA) is 36.4 Å². The summed E-state index contributed by atoms with van der Waals surface area (Å²) >= 11 is 5.89. The first-order valence-corrected chi connectivity index (χ1v) is 5.93. The predicted molar refractivity (Wildman–Crippen MR) is 67.9 cm³/mol. The minimum atomic E-state index is -0.121. The van der Waals surface area contributed by atoms with Crippen LogP contribution < -0.4 is 4.90 Å². The van der Waals surface area contributed by atoms with Crippen molar-refractivity contribution >= 4 is 17.4 Å². The average molecular weight is 243 g/mol. The van der Waals surface area contributed by atoms with Gasteiger partial charge in [0, 0.05) is 13.6 Å². The lowest BCUT2D eigenvalue weighted by Crippen LogP contribution is -2.24. The molecule has 90 valence electrons. The van der Waals surface area contributed by atoms with Crippen molar-refractivity contribution in [1.29, 1.82) is 0 Å². The Morgan fingerprint density at radius 3 is 2.75 bits per heavy atom. The monoisotopic (exact) mass is 242 g/mol. The molecule has 4 heteroatoms. The van der Waals surface area contributed by atoms with Crippen molar-refractivity contribution in [2.45, 2.75) is 26.9 Å². The molecule has 0 bridgehead atoms. The molecular formula is C12H19ClN2O. The lowest BCUT2D eigenvalue weighted by molar-refractivity contribution is 0.277. The van der Waals surface area contributed by atoms with Crippen LogP contribution in [0.2, 0.25) is 5.02 Å². The third kappa shape index (κ3) is 3.35. The number of pyridine rings is 1. The summed E-state index contributed by atoms with van der Waals surface area (Å²) in [5.74, 6) is 1.48. The first kappa shape index (κ1) is 13.3. The van der Waals surface area contributed by atoms with Crippen LogP contribution in [0.15, 0.2) is 12.1 Å². The molecule has 16 heavy (non-hydrogen) atoms. The Morgan fingerprint density at radius 1 is 1.50 bits per heavy atom. The molecule has 0 aromatic carbocycles. The van der Waals surface area contributed by atoms with Crippen LogP contribution in [0.4, 0.5) is 5.82 Å². The van der Waals surface area contributed by atoms with Gasteiger partial charge in [0.05, 0.1) is 17.3 Å². The highest BCUT2D eigenvalue weighted by atomic mass is 35.5. The van der Waals surface area contributed by atoms with Crippen LogP contribution in [0, 0.1) is 5.92 Å². The molecule has 1 unspecified atom stereocenters. The minimum absolute atomic E-state index is 0.121. The number of halogens is 1. The Balaban J connectivity index is 2.79. The van der Waals surface area contributed by atoms with Crippen LogP contribution in [-0.4, -0.2) is 23.7 Å². The molecule has 0 aliphatic rings. The van der Waals surface area contributed by atoms with Gasteiger partial charge in [-0.25, -0.2) is 4.98 Å². The zero-order valence-electron chi connectivity index (χ0n) is 10.1. The van der Waals surface area contributed by atoms with Crippen molar-refractivity contribution in [3.8, 4) is 0 Å². The molecule has 1 heterocycles. The largest absolute Gasteiger partial charge is 0.390 e. The second-order valence-electron chi connectivity index (χ2n) is 4.15. The third-order valence-corrected chi connectivity index (χ3v) is 3.07. The molecule has 0 aliphatic carbocycles. The smallest absolute Gasteiger partial charge is 0.128 e. The number of hydrogen-bond donors (Lipinski definition) is 1. The van der Waals surface area contributed by atoms with E-state index in [1.807, 2.05) is 13.1 Å². The van der Waals surface area contributed by atoms with Crippen molar-refractivity contribution in [1.82, 2.24) is 4.98 Å². The van der Waals surface area contributed by atoms with Crippen molar-refractivity contribution in [2.75, 3.05) is 18.5 Å². The van der Waals surface area contributed by atoms with Crippen LogP contribution in [0.25, 0.3) is 0 Å². The Kier molecular flexibility index (Phi) is 5.03. The number of aromatic nitrogens is 1. The Hall–Kier alpha value is -0.800. The van der Waals surface area contributed by atoms with Gasteiger partial charge in [-0.2, -0.15) is 0 Å². The van der Waals surface area contributed by atoms with E-state index in [2.05, 4.69) is 23.7 Å². The summed E-state index contributed by atoms with van der Waals surface area (Å²) in [5.41, 5.74) is 0.537. The fourth-order valence-corrected chi connectivity index (χ4v) is 1.65. The summed E-state index contributed by atoms with van der Waals surface area (Å²) in [6.07, 6.45) is 1.14. The van der Waals surface area contributed by atoms with Crippen molar-refractivity contribution in [3.63, 3.8) is 0 Å². The van der Waals surface area contributed by atoms with E-state index in [9.17, 15) is 0 Å². The average Bonchev–Trinajstić information content (AvgIpc) is 2.29. The number of nitrogens with zero attached hydrogens (tertiary/aromatic N) is 2. The van der Waals surface area contributed by atoms with Gasteiger partial charge in [0.2, 0.25) is 0 Å². The van der Waals surface area contributed by atoms with Gasteiger partial charge in [0.25, 0.3) is 0 Å². The van der Waals surface area contributed by atoms with Crippen LogP contribution in [0.3, 0.4) is 0 Å². The maximum Gasteiger partial charge on any atom is 0.128 e. The molecule has 3 nitrogen and oxygen atoms in total. The van der Waals surface area contributed by atoms with Gasteiger partial charge < -0.3 is 10.0 Å². The summed E-state index contributed by atoms with van der Waals surface area (Å²) in [6, 6.07) is 3.66. The van der Waals surface area contributed by atoms with Gasteiger partial charge in [-0.1, -0.05) is 31.9 Å². The summed E-state index contributed by atoms with van der Waals surface area (Å²) < 4.78 is 0. The predicted octanol–water partition coefficient (Wildman–Crippen LogP) is 2.71. The maximum atomic E-state index is 9.09. The molecule has 1 N–H and O–H groups in total. The molecule has 1 aromatic heterocycles. The van der Waals surface area contributed by atoms with Gasteiger partial charge in [-0.3, -0.25) is 0 Å². The van der Waals surface area contributed by atoms with Crippen molar-refractivity contribution < 1.29 is 5.11 Å². The van der Waals surface area contributed by atoms with Crippen molar-refractivity contribution in [2.24, 2.45) is 5.92 Å². The third-order valence-electron chi connectivity index (χ3n) is 2.73. The van der Waals surface area contributed by atoms with Gasteiger partial charge in [0.1, 0.15) is 5.82 Å². The van der Waals surface area contributed by atoms with E-state index in [4.69, 9.17) is 16.7 Å². The SMILES string of the molecule is CCC(C)CN(C)c1ccc(Cl)c(CO)n1. The molecular weight excluding hydrogens is 224 g/mol. The number of rotatable bonds is 5. The fraction of sp³-hybridized carbons (Fsp3) is 0.583. The van der Waals surface area contributed by atoms with E-state index in [0.717, 1.165) is 18.8 Å². The number of aliphatic hydroxyl groups excluding tert-OH is 1. The maximum absolute atomic E-state index is 9.09. The Labute approximate surface area is 102 Å². The first-order valence-electron chi connectivity index (χ1n) is 5.55. The van der Waals surface area contributed by atoms with Crippen LogP contribution in [0.5, 0.6) is 0 Å². The molecule has 0 saturated carbocycles. The second-order valence-corrected chi connectivity index (χ2v) is 4.56. The van der Waals surface area contributed by atoms with Crippen molar-refractivity contribution in [3.05, 3.63) is 22.8 Å². The van der Waals surface area contributed by atoms with Gasteiger partial charge in [-0.05, 0) is 18.1 Å². The fourth-order valence-electron chi connectivity index (χ4n) is 1.49. The van der Waals surface area contributed by atoms with Crippen LogP contribution >= 0.6 is 11.6 Å². The zero-order chi connectivity index (χ0) is 12.1. The first-order chi connectivity index (χ1) is 7.58. The lowest BCUT2D eigenvalue weighted by atomic mass is 10.1. The molecule has 0 spiro atoms. The van der Waals surface area contributed by atoms with Gasteiger partial charge in [-0.15, -0.1) is 0 Å². The molecule has 1 aromatic rings. The van der Waals surface area contributed by atoms with Crippen LogP contribution in [-0.2, 0) is 6.61 Å². The van der Waals surface area contributed by atoms with E-state index < -0.39 is 0 Å². The Morgan fingerprint density at radius 2 is 2.19 bits per heavy atom. The summed E-state index contributed by atoms with van der Waals surface area (Å²) in [5, 5.41) is 9.60. The Bertz CT molecular complexity index is 344. The number of anilines is 1. The van der Waals surface area contributed by atoms with E-state index >= 15 is 0 Å². The number of aliphatic hydroxyl groups is 1. The van der Waals surface area contributed by atoms with Gasteiger partial charge in [0.15, 0.2) is 0 Å². The summed E-state index contributed by atoms with van der Waals surface area (Å²) in [4.78, 5) is 6.41. The molecule has 1 rings (SSSR count). The van der Waals surface area contributed by atoms with Crippen LogP contribution in [0.1, 0.15) is 26.0 Å². The lowest BCUT2D eigenvalue weighted by Gasteiger charge is -2.22. The zero-order valence-corrected chi connectivity index (χ0v) is 10.8. The molecule has 0 saturated heterocycles. The molecule has 0 radical (unpaired) electrons.